The van der Waals surface area contributed by atoms with E-state index in [9.17, 15) is 4.79 Å². The fourth-order valence-corrected chi connectivity index (χ4v) is 4.79. The largest absolute Gasteiger partial charge is 0.496 e. The molecule has 3 aromatic rings. The number of hydrogen-bond acceptors (Lipinski definition) is 6. The molecule has 152 valence electrons. The summed E-state index contributed by atoms with van der Waals surface area (Å²) in [5.41, 5.74) is 0.968. The molecule has 0 radical (unpaired) electrons. The summed E-state index contributed by atoms with van der Waals surface area (Å²) in [6.07, 6.45) is -1.67. The van der Waals surface area contributed by atoms with Gasteiger partial charge in [-0.25, -0.2) is 0 Å². The number of Topliss-reactive ketones (excluding diaryl/α,β-unsaturated/α-hetero) is 1. The molecule has 1 spiro atoms. The van der Waals surface area contributed by atoms with E-state index in [-0.39, 0.29) is 5.78 Å². The van der Waals surface area contributed by atoms with Gasteiger partial charge in [-0.05, 0) is 37.4 Å². The van der Waals surface area contributed by atoms with Gasteiger partial charge in [0.25, 0.3) is 0 Å². The molecule has 0 unspecified atom stereocenters. The van der Waals surface area contributed by atoms with Gasteiger partial charge in [0.2, 0.25) is 0 Å². The molecule has 6 nitrogen and oxygen atoms in total. The third-order valence-electron chi connectivity index (χ3n) is 5.95. The first kappa shape index (κ1) is 17.7. The first-order valence-electron chi connectivity index (χ1n) is 9.91. The Labute approximate surface area is 173 Å². The zero-order valence-electron chi connectivity index (χ0n) is 16.8. The maximum absolute atomic E-state index is 13.4. The molecule has 1 fully saturated rings. The number of carbonyl (C=O) groups is 1. The van der Waals surface area contributed by atoms with E-state index < -0.39 is 23.8 Å². The first-order valence-corrected chi connectivity index (χ1v) is 9.91. The van der Waals surface area contributed by atoms with Crippen molar-refractivity contribution in [2.75, 3.05) is 7.11 Å². The summed E-state index contributed by atoms with van der Waals surface area (Å²) in [7, 11) is 1.54. The average Bonchev–Trinajstić information content (AvgIpc) is 3.08. The van der Waals surface area contributed by atoms with Crippen molar-refractivity contribution in [3.8, 4) is 17.2 Å². The van der Waals surface area contributed by atoms with E-state index in [4.69, 9.17) is 23.7 Å². The molecule has 1 aliphatic carbocycles. The van der Waals surface area contributed by atoms with Gasteiger partial charge < -0.3 is 23.7 Å². The lowest BCUT2D eigenvalue weighted by atomic mass is 9.80. The Kier molecular flexibility index (Phi) is 3.40. The Morgan fingerprint density at radius 2 is 1.57 bits per heavy atom. The van der Waals surface area contributed by atoms with Crippen LogP contribution >= 0.6 is 0 Å². The Morgan fingerprint density at radius 3 is 2.23 bits per heavy atom. The predicted molar refractivity (Wildman–Crippen MR) is 108 cm³/mol. The number of benzene rings is 3. The van der Waals surface area contributed by atoms with E-state index in [1.807, 2.05) is 48.5 Å². The van der Waals surface area contributed by atoms with Gasteiger partial charge in [0.05, 0.1) is 23.6 Å². The van der Waals surface area contributed by atoms with Crippen LogP contribution in [0, 0.1) is 0 Å². The summed E-state index contributed by atoms with van der Waals surface area (Å²) in [4.78, 5) is 13.4. The van der Waals surface area contributed by atoms with Gasteiger partial charge in [-0.2, -0.15) is 0 Å². The minimum Gasteiger partial charge on any atom is -0.496 e. The highest BCUT2D eigenvalue weighted by Crippen LogP contribution is 2.54. The van der Waals surface area contributed by atoms with Crippen molar-refractivity contribution in [1.29, 1.82) is 0 Å². The lowest BCUT2D eigenvalue weighted by Crippen LogP contribution is -2.60. The molecule has 0 saturated carbocycles. The van der Waals surface area contributed by atoms with Gasteiger partial charge in [0.15, 0.2) is 23.8 Å². The molecular formula is C24H20O6. The normalized spacial score (nSPS) is 24.7. The number of ketones is 1. The highest BCUT2D eigenvalue weighted by molar-refractivity contribution is 6.05. The van der Waals surface area contributed by atoms with Crippen molar-refractivity contribution >= 4 is 16.6 Å². The lowest BCUT2D eigenvalue weighted by molar-refractivity contribution is -0.229. The lowest BCUT2D eigenvalue weighted by Gasteiger charge is -2.45. The van der Waals surface area contributed by atoms with Crippen molar-refractivity contribution in [3.63, 3.8) is 0 Å². The molecule has 0 aromatic heterocycles. The molecule has 2 atom stereocenters. The van der Waals surface area contributed by atoms with Crippen LogP contribution in [0.3, 0.4) is 0 Å². The molecule has 3 aromatic carbocycles. The van der Waals surface area contributed by atoms with E-state index in [0.717, 1.165) is 10.8 Å². The number of hydrogen-bond donors (Lipinski definition) is 0. The van der Waals surface area contributed by atoms with Crippen LogP contribution in [-0.4, -0.2) is 30.9 Å². The van der Waals surface area contributed by atoms with Gasteiger partial charge in [-0.1, -0.05) is 36.4 Å². The van der Waals surface area contributed by atoms with E-state index in [0.29, 0.717) is 28.4 Å². The van der Waals surface area contributed by atoms with Gasteiger partial charge >= 0.3 is 5.79 Å². The maximum atomic E-state index is 13.4. The second-order valence-corrected chi connectivity index (χ2v) is 8.21. The molecular weight excluding hydrogens is 384 g/mol. The number of ether oxygens (including phenoxy) is 5. The summed E-state index contributed by atoms with van der Waals surface area (Å²) in [5.74, 6) is -0.767. The minimum atomic E-state index is -1.39. The number of rotatable bonds is 1. The monoisotopic (exact) mass is 404 g/mol. The van der Waals surface area contributed by atoms with Crippen molar-refractivity contribution in [3.05, 3.63) is 65.7 Å². The Bertz CT molecular complexity index is 1170. The van der Waals surface area contributed by atoms with Crippen LogP contribution in [-0.2, 0) is 15.3 Å². The molecule has 0 bridgehead atoms. The van der Waals surface area contributed by atoms with Crippen LogP contribution in [0.25, 0.3) is 10.8 Å². The van der Waals surface area contributed by atoms with E-state index in [1.165, 1.54) is 7.11 Å². The molecule has 6 heteroatoms. The second-order valence-electron chi connectivity index (χ2n) is 8.21. The Balaban J connectivity index is 1.65. The second kappa shape index (κ2) is 5.74. The van der Waals surface area contributed by atoms with E-state index in [2.05, 4.69) is 0 Å². The fraction of sp³-hybridized carbons (Fsp3) is 0.292. The summed E-state index contributed by atoms with van der Waals surface area (Å²) < 4.78 is 30.9. The molecule has 3 aliphatic rings. The van der Waals surface area contributed by atoms with Crippen LogP contribution in [0.5, 0.6) is 17.2 Å². The summed E-state index contributed by atoms with van der Waals surface area (Å²) in [6, 6.07) is 17.1. The van der Waals surface area contributed by atoms with Crippen molar-refractivity contribution in [2.24, 2.45) is 0 Å². The Hall–Kier alpha value is -3.09. The summed E-state index contributed by atoms with van der Waals surface area (Å²) >= 11 is 0. The highest BCUT2D eigenvalue weighted by Gasteiger charge is 2.65. The molecule has 2 aliphatic heterocycles. The number of methoxy groups -OCH3 is 1. The van der Waals surface area contributed by atoms with Crippen molar-refractivity contribution in [1.82, 2.24) is 0 Å². The summed E-state index contributed by atoms with van der Waals surface area (Å²) in [6.45, 7) is 3.57. The molecule has 0 amide bonds. The zero-order valence-corrected chi connectivity index (χ0v) is 16.8. The van der Waals surface area contributed by atoms with Crippen LogP contribution in [0.4, 0.5) is 0 Å². The number of carbonyl (C=O) groups excluding carboxylic acids is 1. The van der Waals surface area contributed by atoms with Crippen LogP contribution in [0.15, 0.2) is 54.6 Å². The third-order valence-corrected chi connectivity index (χ3v) is 5.95. The number of fused-ring (bicyclic) bond motifs is 4. The van der Waals surface area contributed by atoms with E-state index in [1.54, 1.807) is 19.9 Å². The maximum Gasteiger partial charge on any atom is 0.308 e. The SMILES string of the molecule is COc1cccc2c1C(=O)[C@H]1OC(C)(C)O[C@H]1C21Oc2cccc3cccc(c23)O1. The Morgan fingerprint density at radius 1 is 0.900 bits per heavy atom. The smallest absolute Gasteiger partial charge is 0.308 e. The van der Waals surface area contributed by atoms with Crippen LogP contribution in [0.2, 0.25) is 0 Å². The standard InChI is InChI=1S/C24H20O6/c1-23(2)29-21-20(25)19-14(9-6-10-15(19)26-3)24(22(21)30-23)27-16-11-4-7-13-8-5-12-17(28-24)18(13)16/h4-12,21-22H,1-3H3/t21-,22-/m1/s1. The zero-order chi connectivity index (χ0) is 20.7. The van der Waals surface area contributed by atoms with Gasteiger partial charge in [0.1, 0.15) is 17.2 Å². The van der Waals surface area contributed by atoms with E-state index >= 15 is 0 Å². The molecule has 0 N–H and O–H groups in total. The van der Waals surface area contributed by atoms with Gasteiger partial charge in [-0.15, -0.1) is 0 Å². The van der Waals surface area contributed by atoms with Gasteiger partial charge in [-0.3, -0.25) is 4.79 Å². The van der Waals surface area contributed by atoms with Crippen LogP contribution < -0.4 is 14.2 Å². The molecule has 1 saturated heterocycles. The predicted octanol–water partition coefficient (Wildman–Crippen LogP) is 4.19. The van der Waals surface area contributed by atoms with Crippen LogP contribution in [0.1, 0.15) is 29.8 Å². The molecule has 2 heterocycles. The topological polar surface area (TPSA) is 63.2 Å². The van der Waals surface area contributed by atoms with Gasteiger partial charge in [0, 0.05) is 0 Å². The minimum absolute atomic E-state index is 0.201. The first-order chi connectivity index (χ1) is 14.4. The fourth-order valence-electron chi connectivity index (χ4n) is 4.79. The molecule has 30 heavy (non-hydrogen) atoms. The highest BCUT2D eigenvalue weighted by atomic mass is 16.8. The summed E-state index contributed by atoms with van der Waals surface area (Å²) in [5, 5.41) is 1.90. The molecule has 6 rings (SSSR count). The van der Waals surface area contributed by atoms with Crippen molar-refractivity contribution in [2.45, 2.75) is 37.6 Å². The third kappa shape index (κ3) is 2.18. The van der Waals surface area contributed by atoms with Crippen molar-refractivity contribution < 1.29 is 28.5 Å². The quantitative estimate of drug-likeness (QED) is 0.606. The average molecular weight is 404 g/mol.